The van der Waals surface area contributed by atoms with Crippen LogP contribution in [0, 0.1) is 6.92 Å². The highest BCUT2D eigenvalue weighted by molar-refractivity contribution is 7.18. The Morgan fingerprint density at radius 2 is 2.28 bits per heavy atom. The highest BCUT2D eigenvalue weighted by Crippen LogP contribution is 2.28. The van der Waals surface area contributed by atoms with Gasteiger partial charge < -0.3 is 10.3 Å². The minimum absolute atomic E-state index is 0.802. The number of aromatic nitrogens is 4. The summed E-state index contributed by atoms with van der Waals surface area (Å²) >= 11 is 1.68. The number of hydrogen-bond donors (Lipinski definition) is 2. The van der Waals surface area contributed by atoms with Crippen molar-refractivity contribution in [3.05, 3.63) is 35.5 Å². The summed E-state index contributed by atoms with van der Waals surface area (Å²) < 4.78 is 1.12. The second kappa shape index (κ2) is 4.73. The molecular weight excluding hydrogens is 246 g/mol. The molecule has 3 rings (SSSR count). The molecule has 92 valence electrons. The van der Waals surface area contributed by atoms with Crippen molar-refractivity contribution in [1.82, 2.24) is 19.9 Å². The summed E-state index contributed by atoms with van der Waals surface area (Å²) in [5.41, 5.74) is 2.24. The van der Waals surface area contributed by atoms with Crippen LogP contribution in [0.4, 0.5) is 5.82 Å². The highest BCUT2D eigenvalue weighted by atomic mass is 32.1. The first-order valence-electron chi connectivity index (χ1n) is 5.75. The average molecular weight is 259 g/mol. The minimum Gasteiger partial charge on any atom is -0.368 e. The third-order valence-corrected chi connectivity index (χ3v) is 3.83. The number of thiophene rings is 1. The lowest BCUT2D eigenvalue weighted by Gasteiger charge is -2.04. The summed E-state index contributed by atoms with van der Waals surface area (Å²) in [6.45, 7) is 2.87. The molecule has 0 aliphatic carbocycles. The monoisotopic (exact) mass is 259 g/mol. The Morgan fingerprint density at radius 1 is 1.33 bits per heavy atom. The van der Waals surface area contributed by atoms with Gasteiger partial charge in [0, 0.05) is 25.4 Å². The van der Waals surface area contributed by atoms with Gasteiger partial charge in [-0.05, 0) is 17.9 Å². The number of aryl methyl sites for hydroxylation is 1. The summed E-state index contributed by atoms with van der Waals surface area (Å²) in [6, 6.07) is 0. The van der Waals surface area contributed by atoms with E-state index in [1.807, 2.05) is 6.20 Å². The number of anilines is 1. The molecule has 3 heterocycles. The second-order valence-corrected chi connectivity index (χ2v) is 4.91. The Bertz CT molecular complexity index is 644. The van der Waals surface area contributed by atoms with Crippen LogP contribution in [0.5, 0.6) is 0 Å². The fourth-order valence-corrected chi connectivity index (χ4v) is 2.80. The topological polar surface area (TPSA) is 66.5 Å². The van der Waals surface area contributed by atoms with E-state index in [1.54, 1.807) is 23.9 Å². The van der Waals surface area contributed by atoms with Crippen LogP contribution in [0.3, 0.4) is 0 Å². The van der Waals surface area contributed by atoms with Crippen LogP contribution in [-0.4, -0.2) is 26.5 Å². The van der Waals surface area contributed by atoms with Gasteiger partial charge >= 0.3 is 0 Å². The first-order chi connectivity index (χ1) is 8.84. The molecule has 5 nitrogen and oxygen atoms in total. The Hall–Kier alpha value is -1.95. The van der Waals surface area contributed by atoms with E-state index >= 15 is 0 Å². The number of rotatable bonds is 4. The van der Waals surface area contributed by atoms with Gasteiger partial charge in [0.2, 0.25) is 0 Å². The van der Waals surface area contributed by atoms with E-state index in [0.717, 1.165) is 34.8 Å². The molecule has 3 aromatic rings. The number of nitrogens with zero attached hydrogens (tertiary/aromatic N) is 3. The van der Waals surface area contributed by atoms with E-state index in [-0.39, 0.29) is 0 Å². The zero-order valence-electron chi connectivity index (χ0n) is 9.97. The molecule has 0 spiro atoms. The Kier molecular flexibility index (Phi) is 2.93. The predicted octanol–water partition coefficient (Wildman–Crippen LogP) is 2.38. The largest absolute Gasteiger partial charge is 0.368 e. The van der Waals surface area contributed by atoms with E-state index in [1.165, 1.54) is 5.56 Å². The smallest absolute Gasteiger partial charge is 0.147 e. The van der Waals surface area contributed by atoms with Crippen molar-refractivity contribution in [2.75, 3.05) is 11.9 Å². The maximum atomic E-state index is 4.30. The molecule has 6 heteroatoms. The lowest BCUT2D eigenvalue weighted by atomic mass is 10.3. The normalized spacial score (nSPS) is 10.9. The Balaban J connectivity index is 1.74. The number of aromatic amines is 1. The molecule has 0 amide bonds. The molecule has 0 atom stereocenters. The van der Waals surface area contributed by atoms with Gasteiger partial charge in [-0.15, -0.1) is 11.3 Å². The summed E-state index contributed by atoms with van der Waals surface area (Å²) in [5.74, 6) is 1.89. The van der Waals surface area contributed by atoms with Gasteiger partial charge in [0.05, 0.1) is 10.2 Å². The molecule has 0 saturated carbocycles. The van der Waals surface area contributed by atoms with Crippen molar-refractivity contribution in [1.29, 1.82) is 0 Å². The van der Waals surface area contributed by atoms with Crippen LogP contribution in [0.1, 0.15) is 11.4 Å². The molecule has 0 aliphatic heterocycles. The fraction of sp³-hybridized carbons (Fsp3) is 0.250. The summed E-state index contributed by atoms with van der Waals surface area (Å²) in [4.78, 5) is 15.9. The second-order valence-electron chi connectivity index (χ2n) is 4.03. The molecular formula is C12H13N5S. The van der Waals surface area contributed by atoms with Crippen LogP contribution >= 0.6 is 11.3 Å². The molecule has 18 heavy (non-hydrogen) atoms. The molecule has 0 aliphatic rings. The molecule has 0 unspecified atom stereocenters. The van der Waals surface area contributed by atoms with Crippen molar-refractivity contribution in [2.24, 2.45) is 0 Å². The zero-order chi connectivity index (χ0) is 12.4. The minimum atomic E-state index is 0.802. The van der Waals surface area contributed by atoms with Gasteiger partial charge in [0.15, 0.2) is 0 Å². The lowest BCUT2D eigenvalue weighted by Crippen LogP contribution is -2.07. The maximum Gasteiger partial charge on any atom is 0.147 e. The van der Waals surface area contributed by atoms with E-state index in [4.69, 9.17) is 0 Å². The Morgan fingerprint density at radius 3 is 3.11 bits per heavy atom. The summed E-state index contributed by atoms with van der Waals surface area (Å²) in [5, 5.41) is 5.45. The first kappa shape index (κ1) is 11.2. The third kappa shape index (κ3) is 2.06. The van der Waals surface area contributed by atoms with Crippen molar-refractivity contribution in [2.45, 2.75) is 13.3 Å². The zero-order valence-corrected chi connectivity index (χ0v) is 10.8. The van der Waals surface area contributed by atoms with E-state index < -0.39 is 0 Å². The van der Waals surface area contributed by atoms with Crippen LogP contribution in [0.15, 0.2) is 24.1 Å². The first-order valence-corrected chi connectivity index (χ1v) is 6.63. The van der Waals surface area contributed by atoms with Gasteiger partial charge in [0.25, 0.3) is 0 Å². The lowest BCUT2D eigenvalue weighted by molar-refractivity contribution is 0.922. The number of fused-ring (bicyclic) bond motifs is 1. The number of hydrogen-bond acceptors (Lipinski definition) is 5. The van der Waals surface area contributed by atoms with E-state index in [0.29, 0.717) is 0 Å². The van der Waals surface area contributed by atoms with Gasteiger partial charge in [-0.1, -0.05) is 0 Å². The van der Waals surface area contributed by atoms with Crippen molar-refractivity contribution in [3.8, 4) is 0 Å². The van der Waals surface area contributed by atoms with Crippen molar-refractivity contribution >= 4 is 27.4 Å². The van der Waals surface area contributed by atoms with Crippen LogP contribution < -0.4 is 5.32 Å². The van der Waals surface area contributed by atoms with Gasteiger partial charge in [-0.2, -0.15) is 0 Å². The van der Waals surface area contributed by atoms with Gasteiger partial charge in [-0.25, -0.2) is 15.0 Å². The quantitative estimate of drug-likeness (QED) is 0.755. The number of nitrogens with one attached hydrogen (secondary N) is 2. The third-order valence-electron chi connectivity index (χ3n) is 2.74. The average Bonchev–Trinajstić information content (AvgIpc) is 3.01. The molecule has 0 saturated heterocycles. The van der Waals surface area contributed by atoms with Crippen LogP contribution in [0.25, 0.3) is 10.2 Å². The SMILES string of the molecule is Cc1csc2c(NCCc3ncc[nH]3)ncnc12. The standard InChI is InChI=1S/C12H13N5S/c1-8-6-18-11-10(8)16-7-17-12(11)15-3-2-9-13-4-5-14-9/h4-7H,2-3H2,1H3,(H,13,14)(H,15,16,17). The molecule has 0 aromatic carbocycles. The molecule has 0 radical (unpaired) electrons. The molecule has 0 fully saturated rings. The van der Waals surface area contributed by atoms with E-state index in [9.17, 15) is 0 Å². The molecule has 2 N–H and O–H groups in total. The molecule has 3 aromatic heterocycles. The number of H-pyrrole nitrogens is 1. The fourth-order valence-electron chi connectivity index (χ4n) is 1.83. The highest BCUT2D eigenvalue weighted by Gasteiger charge is 2.07. The Labute approximate surface area is 108 Å². The maximum absolute atomic E-state index is 4.30. The summed E-state index contributed by atoms with van der Waals surface area (Å²) in [6.07, 6.45) is 6.06. The van der Waals surface area contributed by atoms with Crippen LogP contribution in [-0.2, 0) is 6.42 Å². The molecule has 0 bridgehead atoms. The van der Waals surface area contributed by atoms with E-state index in [2.05, 4.69) is 37.6 Å². The van der Waals surface area contributed by atoms with Crippen molar-refractivity contribution in [3.63, 3.8) is 0 Å². The summed E-state index contributed by atoms with van der Waals surface area (Å²) in [7, 11) is 0. The predicted molar refractivity (Wildman–Crippen MR) is 72.9 cm³/mol. The van der Waals surface area contributed by atoms with Crippen LogP contribution in [0.2, 0.25) is 0 Å². The van der Waals surface area contributed by atoms with Crippen molar-refractivity contribution < 1.29 is 0 Å². The van der Waals surface area contributed by atoms with Gasteiger partial charge in [-0.3, -0.25) is 0 Å². The van der Waals surface area contributed by atoms with Gasteiger partial charge in [0.1, 0.15) is 18.0 Å². The number of imidazole rings is 1.